The van der Waals surface area contributed by atoms with Gasteiger partial charge in [-0.2, -0.15) is 5.26 Å². The molecular formula is C19H23N5O2S. The first kappa shape index (κ1) is 19.1. The van der Waals surface area contributed by atoms with Crippen LogP contribution in [-0.4, -0.2) is 49.6 Å². The number of thiocarbonyl (C=S) groups is 1. The van der Waals surface area contributed by atoms with Crippen molar-refractivity contribution in [2.45, 2.75) is 18.9 Å². The maximum Gasteiger partial charge on any atom is 0.166 e. The molecule has 2 aromatic rings. The molecule has 8 heteroatoms. The van der Waals surface area contributed by atoms with E-state index in [0.29, 0.717) is 29.6 Å². The number of anilines is 1. The third kappa shape index (κ3) is 5.18. The van der Waals surface area contributed by atoms with Crippen molar-refractivity contribution in [1.29, 1.82) is 5.26 Å². The summed E-state index contributed by atoms with van der Waals surface area (Å²) in [6, 6.07) is 9.60. The van der Waals surface area contributed by atoms with E-state index >= 15 is 0 Å². The molecule has 1 aliphatic rings. The Labute approximate surface area is 164 Å². The van der Waals surface area contributed by atoms with Gasteiger partial charge in [0.25, 0.3) is 0 Å². The molecule has 3 rings (SSSR count). The molecule has 27 heavy (non-hydrogen) atoms. The summed E-state index contributed by atoms with van der Waals surface area (Å²) >= 11 is 5.27. The lowest BCUT2D eigenvalue weighted by Gasteiger charge is -2.14. The van der Waals surface area contributed by atoms with E-state index in [4.69, 9.17) is 21.7 Å². The van der Waals surface area contributed by atoms with Crippen molar-refractivity contribution in [1.82, 2.24) is 15.6 Å². The van der Waals surface area contributed by atoms with Crippen LogP contribution in [0.15, 0.2) is 24.3 Å². The summed E-state index contributed by atoms with van der Waals surface area (Å²) in [5.41, 5.74) is 1.30. The van der Waals surface area contributed by atoms with Gasteiger partial charge in [0.2, 0.25) is 0 Å². The first-order valence-electron chi connectivity index (χ1n) is 8.95. The Hall–Kier alpha value is -2.63. The summed E-state index contributed by atoms with van der Waals surface area (Å²) in [4.78, 5) is 4.54. The Morgan fingerprint density at radius 3 is 3.00 bits per heavy atom. The van der Waals surface area contributed by atoms with E-state index in [2.05, 4.69) is 27.0 Å². The third-order valence-corrected chi connectivity index (χ3v) is 4.65. The highest BCUT2D eigenvalue weighted by atomic mass is 32.1. The van der Waals surface area contributed by atoms with Gasteiger partial charge in [0.15, 0.2) is 5.11 Å². The lowest BCUT2D eigenvalue weighted by atomic mass is 10.1. The van der Waals surface area contributed by atoms with Crippen molar-refractivity contribution in [2.75, 3.05) is 38.7 Å². The van der Waals surface area contributed by atoms with Gasteiger partial charge < -0.3 is 25.4 Å². The highest BCUT2D eigenvalue weighted by Crippen LogP contribution is 2.23. The second kappa shape index (κ2) is 9.35. The van der Waals surface area contributed by atoms with Crippen LogP contribution in [0.25, 0.3) is 10.9 Å². The number of pyridine rings is 1. The quantitative estimate of drug-likeness (QED) is 0.493. The van der Waals surface area contributed by atoms with E-state index in [-0.39, 0.29) is 6.10 Å². The first-order chi connectivity index (χ1) is 13.2. The topological polar surface area (TPSA) is 91.2 Å². The van der Waals surface area contributed by atoms with Crippen LogP contribution in [0.2, 0.25) is 0 Å². The van der Waals surface area contributed by atoms with Gasteiger partial charge in [0, 0.05) is 31.6 Å². The molecule has 0 radical (unpaired) electrons. The van der Waals surface area contributed by atoms with Crippen LogP contribution < -0.4 is 20.7 Å². The van der Waals surface area contributed by atoms with Crippen molar-refractivity contribution in [3.63, 3.8) is 0 Å². The summed E-state index contributed by atoms with van der Waals surface area (Å²) in [5, 5.41) is 20.4. The van der Waals surface area contributed by atoms with E-state index in [1.165, 1.54) is 0 Å². The van der Waals surface area contributed by atoms with Gasteiger partial charge in [-0.25, -0.2) is 4.98 Å². The Balaban J connectivity index is 1.50. The van der Waals surface area contributed by atoms with Crippen molar-refractivity contribution in [2.24, 2.45) is 0 Å². The molecule has 3 N–H and O–H groups in total. The van der Waals surface area contributed by atoms with Gasteiger partial charge >= 0.3 is 0 Å². The second-order valence-corrected chi connectivity index (χ2v) is 6.66. The number of nitrogens with zero attached hydrogens (tertiary/aromatic N) is 2. The maximum absolute atomic E-state index is 9.40. The Morgan fingerprint density at radius 1 is 1.37 bits per heavy atom. The average molecular weight is 385 g/mol. The number of fused-ring (bicyclic) bond motifs is 1. The monoisotopic (exact) mass is 385 g/mol. The summed E-state index contributed by atoms with van der Waals surface area (Å²) < 4.78 is 10.8. The molecule has 1 atom stereocenters. The van der Waals surface area contributed by atoms with Gasteiger partial charge in [-0.05, 0) is 49.3 Å². The highest BCUT2D eigenvalue weighted by Gasteiger charge is 2.15. The minimum atomic E-state index is 0.251. The number of rotatable bonds is 7. The molecule has 1 fully saturated rings. The Morgan fingerprint density at radius 2 is 2.26 bits per heavy atom. The van der Waals surface area contributed by atoms with Crippen LogP contribution >= 0.6 is 12.2 Å². The summed E-state index contributed by atoms with van der Waals surface area (Å²) in [5.74, 6) is 1.30. The number of hydrogen-bond donors (Lipinski definition) is 3. The van der Waals surface area contributed by atoms with Gasteiger partial charge in [0.05, 0.1) is 24.3 Å². The molecule has 0 bridgehead atoms. The molecule has 1 aromatic carbocycles. The lowest BCUT2D eigenvalue weighted by molar-refractivity contribution is 0.114. The largest absolute Gasteiger partial charge is 0.497 e. The fourth-order valence-corrected chi connectivity index (χ4v) is 3.12. The highest BCUT2D eigenvalue weighted by molar-refractivity contribution is 7.80. The standard InChI is InChI=1S/C19H23N5O2S/c1-25-15-4-5-17-13(10-15)9-14(11-20)18(24-17)21-6-7-22-19(27)23-12-16-3-2-8-26-16/h4-5,9-10,16H,2-3,6-8,12H2,1H3,(H,21,24)(H2,22,23,27). The molecule has 1 aromatic heterocycles. The predicted molar refractivity (Wildman–Crippen MR) is 109 cm³/mol. The smallest absolute Gasteiger partial charge is 0.166 e. The molecule has 2 heterocycles. The molecule has 7 nitrogen and oxygen atoms in total. The minimum Gasteiger partial charge on any atom is -0.497 e. The van der Waals surface area contributed by atoms with Crippen LogP contribution in [0.3, 0.4) is 0 Å². The van der Waals surface area contributed by atoms with E-state index < -0.39 is 0 Å². The molecule has 0 aliphatic carbocycles. The molecule has 0 spiro atoms. The molecule has 0 amide bonds. The zero-order valence-corrected chi connectivity index (χ0v) is 16.1. The lowest BCUT2D eigenvalue weighted by Crippen LogP contribution is -2.41. The van der Waals surface area contributed by atoms with Gasteiger partial charge in [-0.3, -0.25) is 0 Å². The van der Waals surface area contributed by atoms with Crippen molar-refractivity contribution in [3.05, 3.63) is 29.8 Å². The molecule has 1 saturated heterocycles. The number of ether oxygens (including phenoxy) is 2. The number of nitriles is 1. The van der Waals surface area contributed by atoms with Crippen LogP contribution in [0, 0.1) is 11.3 Å². The number of benzene rings is 1. The number of nitrogens with one attached hydrogen (secondary N) is 3. The molecule has 1 unspecified atom stereocenters. The zero-order chi connectivity index (χ0) is 19.1. The summed E-state index contributed by atoms with van der Waals surface area (Å²) in [6.45, 7) is 2.77. The fourth-order valence-electron chi connectivity index (χ4n) is 2.93. The Kier molecular flexibility index (Phi) is 6.63. The first-order valence-corrected chi connectivity index (χ1v) is 9.36. The summed E-state index contributed by atoms with van der Waals surface area (Å²) in [7, 11) is 1.61. The van der Waals surface area contributed by atoms with Crippen LogP contribution in [0.1, 0.15) is 18.4 Å². The van der Waals surface area contributed by atoms with Gasteiger partial charge in [0.1, 0.15) is 17.6 Å². The van der Waals surface area contributed by atoms with Crippen LogP contribution in [0.4, 0.5) is 5.82 Å². The number of aromatic nitrogens is 1. The normalized spacial score (nSPS) is 15.9. The van der Waals surface area contributed by atoms with Crippen molar-refractivity contribution < 1.29 is 9.47 Å². The number of methoxy groups -OCH3 is 1. The maximum atomic E-state index is 9.40. The van der Waals surface area contributed by atoms with E-state index in [9.17, 15) is 5.26 Å². The van der Waals surface area contributed by atoms with E-state index in [0.717, 1.165) is 42.6 Å². The SMILES string of the molecule is COc1ccc2nc(NCCNC(=S)NCC3CCCO3)c(C#N)cc2c1. The molecule has 142 valence electrons. The third-order valence-electron chi connectivity index (χ3n) is 4.36. The minimum absolute atomic E-state index is 0.251. The zero-order valence-electron chi connectivity index (χ0n) is 15.2. The fraction of sp³-hybridized carbons (Fsp3) is 0.421. The molecule has 0 saturated carbocycles. The summed E-state index contributed by atoms with van der Waals surface area (Å²) in [6.07, 6.45) is 2.44. The van der Waals surface area contributed by atoms with E-state index in [1.807, 2.05) is 24.3 Å². The molecule has 1 aliphatic heterocycles. The second-order valence-electron chi connectivity index (χ2n) is 6.25. The van der Waals surface area contributed by atoms with Gasteiger partial charge in [-0.1, -0.05) is 0 Å². The van der Waals surface area contributed by atoms with Gasteiger partial charge in [-0.15, -0.1) is 0 Å². The van der Waals surface area contributed by atoms with Crippen molar-refractivity contribution in [3.8, 4) is 11.8 Å². The van der Waals surface area contributed by atoms with Crippen molar-refractivity contribution >= 4 is 34.1 Å². The Bertz CT molecular complexity index is 846. The van der Waals surface area contributed by atoms with E-state index in [1.54, 1.807) is 7.11 Å². The predicted octanol–water partition coefficient (Wildman–Crippen LogP) is 2.17. The van der Waals surface area contributed by atoms with Crippen LogP contribution in [0.5, 0.6) is 5.75 Å². The number of hydrogen-bond acceptors (Lipinski definition) is 6. The molecular weight excluding hydrogens is 362 g/mol. The van der Waals surface area contributed by atoms with Crippen LogP contribution in [-0.2, 0) is 4.74 Å². The average Bonchev–Trinajstić information content (AvgIpc) is 3.22.